The van der Waals surface area contributed by atoms with Crippen LogP contribution in [0.25, 0.3) is 0 Å². The van der Waals surface area contributed by atoms with E-state index < -0.39 is 12.1 Å². The second-order valence-corrected chi connectivity index (χ2v) is 3.23. The molecule has 6 nitrogen and oxygen atoms in total. The van der Waals surface area contributed by atoms with Crippen LogP contribution in [0, 0.1) is 0 Å². The average Bonchev–Trinajstić information content (AvgIpc) is 2.65. The standard InChI is InChI=1S/C8H12N2O4/c11-7(6-5-14-8(12)9-6)10-1-3-13-4-2-10/h6H,1-5H2,(H,9,12)/t6-/m0/s1. The van der Waals surface area contributed by atoms with Crippen LogP contribution >= 0.6 is 0 Å². The van der Waals surface area contributed by atoms with E-state index in [2.05, 4.69) is 10.1 Å². The van der Waals surface area contributed by atoms with Gasteiger partial charge in [-0.2, -0.15) is 0 Å². The Hall–Kier alpha value is -1.30. The Morgan fingerprint density at radius 2 is 2.14 bits per heavy atom. The van der Waals surface area contributed by atoms with Crippen LogP contribution in [-0.4, -0.2) is 55.9 Å². The molecule has 6 heteroatoms. The first-order chi connectivity index (χ1) is 6.77. The molecule has 0 aromatic carbocycles. The van der Waals surface area contributed by atoms with Gasteiger partial charge in [0.05, 0.1) is 13.2 Å². The van der Waals surface area contributed by atoms with Gasteiger partial charge in [-0.25, -0.2) is 4.79 Å². The highest BCUT2D eigenvalue weighted by Gasteiger charge is 2.32. The van der Waals surface area contributed by atoms with Crippen molar-refractivity contribution in [1.82, 2.24) is 10.2 Å². The molecule has 0 unspecified atom stereocenters. The van der Waals surface area contributed by atoms with Gasteiger partial charge in [-0.05, 0) is 0 Å². The first kappa shape index (κ1) is 9.26. The van der Waals surface area contributed by atoms with E-state index in [1.54, 1.807) is 4.90 Å². The van der Waals surface area contributed by atoms with E-state index in [9.17, 15) is 9.59 Å². The summed E-state index contributed by atoms with van der Waals surface area (Å²) in [4.78, 5) is 24.1. The fraction of sp³-hybridized carbons (Fsp3) is 0.750. The van der Waals surface area contributed by atoms with Gasteiger partial charge in [-0.3, -0.25) is 4.79 Å². The summed E-state index contributed by atoms with van der Waals surface area (Å²) < 4.78 is 9.77. The van der Waals surface area contributed by atoms with Gasteiger partial charge in [0.25, 0.3) is 0 Å². The number of alkyl carbamates (subject to hydrolysis) is 1. The second kappa shape index (κ2) is 3.83. The lowest BCUT2D eigenvalue weighted by Crippen LogP contribution is -2.49. The summed E-state index contributed by atoms with van der Waals surface area (Å²) >= 11 is 0. The van der Waals surface area contributed by atoms with E-state index >= 15 is 0 Å². The SMILES string of the molecule is O=C1N[C@H](C(=O)N2CCOCC2)CO1. The van der Waals surface area contributed by atoms with E-state index in [1.165, 1.54) is 0 Å². The first-order valence-electron chi connectivity index (χ1n) is 4.57. The molecule has 14 heavy (non-hydrogen) atoms. The molecular formula is C8H12N2O4. The molecule has 2 aliphatic heterocycles. The van der Waals surface area contributed by atoms with Gasteiger partial charge in [-0.15, -0.1) is 0 Å². The lowest BCUT2D eigenvalue weighted by molar-refractivity contribution is -0.137. The van der Waals surface area contributed by atoms with Crippen molar-refractivity contribution in [3.8, 4) is 0 Å². The maximum Gasteiger partial charge on any atom is 0.407 e. The van der Waals surface area contributed by atoms with Crippen molar-refractivity contribution < 1.29 is 19.1 Å². The number of hydrogen-bond donors (Lipinski definition) is 1. The van der Waals surface area contributed by atoms with Crippen LogP contribution in [0.5, 0.6) is 0 Å². The predicted molar refractivity (Wildman–Crippen MR) is 45.7 cm³/mol. The fourth-order valence-corrected chi connectivity index (χ4v) is 1.52. The van der Waals surface area contributed by atoms with Gasteiger partial charge in [-0.1, -0.05) is 0 Å². The maximum absolute atomic E-state index is 11.7. The summed E-state index contributed by atoms with van der Waals surface area (Å²) in [7, 11) is 0. The third kappa shape index (κ3) is 1.79. The van der Waals surface area contributed by atoms with Gasteiger partial charge in [0.1, 0.15) is 12.6 Å². The second-order valence-electron chi connectivity index (χ2n) is 3.23. The highest BCUT2D eigenvalue weighted by molar-refractivity contribution is 5.87. The zero-order valence-electron chi connectivity index (χ0n) is 7.69. The van der Waals surface area contributed by atoms with Crippen LogP contribution in [0.3, 0.4) is 0 Å². The number of cyclic esters (lactones) is 1. The zero-order chi connectivity index (χ0) is 9.97. The van der Waals surface area contributed by atoms with Crippen LogP contribution in [0.15, 0.2) is 0 Å². The predicted octanol–water partition coefficient (Wildman–Crippen LogP) is -1.05. The molecule has 2 aliphatic rings. The molecular weight excluding hydrogens is 188 g/mol. The third-order valence-electron chi connectivity index (χ3n) is 2.29. The van der Waals surface area contributed by atoms with Crippen LogP contribution in [0.1, 0.15) is 0 Å². The Balaban J connectivity index is 1.90. The van der Waals surface area contributed by atoms with Crippen LogP contribution in [-0.2, 0) is 14.3 Å². The van der Waals surface area contributed by atoms with Gasteiger partial charge in [0, 0.05) is 13.1 Å². The number of carbonyl (C=O) groups excluding carboxylic acids is 2. The number of carbonyl (C=O) groups is 2. The molecule has 1 N–H and O–H groups in total. The minimum absolute atomic E-state index is 0.0841. The molecule has 2 fully saturated rings. The highest BCUT2D eigenvalue weighted by Crippen LogP contribution is 2.05. The number of nitrogens with one attached hydrogen (secondary N) is 1. The monoisotopic (exact) mass is 200 g/mol. The van der Waals surface area contributed by atoms with Gasteiger partial charge in [0.15, 0.2) is 0 Å². The van der Waals surface area contributed by atoms with E-state index in [-0.39, 0.29) is 12.5 Å². The first-order valence-corrected chi connectivity index (χ1v) is 4.57. The molecule has 2 heterocycles. The summed E-state index contributed by atoms with van der Waals surface area (Å²) in [5, 5.41) is 2.46. The van der Waals surface area contributed by atoms with Crippen molar-refractivity contribution in [2.24, 2.45) is 0 Å². The normalized spacial score (nSPS) is 27.0. The third-order valence-corrected chi connectivity index (χ3v) is 2.29. The summed E-state index contributed by atoms with van der Waals surface area (Å²) in [5.41, 5.74) is 0. The minimum atomic E-state index is -0.517. The molecule has 0 saturated carbocycles. The maximum atomic E-state index is 11.7. The topological polar surface area (TPSA) is 67.9 Å². The molecule has 0 aliphatic carbocycles. The Labute approximate surface area is 81.1 Å². The molecule has 78 valence electrons. The van der Waals surface area contributed by atoms with Crippen LogP contribution < -0.4 is 5.32 Å². The zero-order valence-corrected chi connectivity index (χ0v) is 7.69. The van der Waals surface area contributed by atoms with Crippen molar-refractivity contribution >= 4 is 12.0 Å². The molecule has 0 spiro atoms. The van der Waals surface area contributed by atoms with Gasteiger partial charge < -0.3 is 19.7 Å². The summed E-state index contributed by atoms with van der Waals surface area (Å²) in [6.45, 7) is 2.44. The molecule has 0 aromatic rings. The van der Waals surface area contributed by atoms with Crippen molar-refractivity contribution in [1.29, 1.82) is 0 Å². The molecule has 2 saturated heterocycles. The lowest BCUT2D eigenvalue weighted by atomic mass is 10.2. The minimum Gasteiger partial charge on any atom is -0.447 e. The van der Waals surface area contributed by atoms with Gasteiger partial charge in [0.2, 0.25) is 5.91 Å². The fourth-order valence-electron chi connectivity index (χ4n) is 1.52. The Morgan fingerprint density at radius 3 is 2.71 bits per heavy atom. The molecule has 1 atom stereocenters. The molecule has 0 bridgehead atoms. The smallest absolute Gasteiger partial charge is 0.407 e. The van der Waals surface area contributed by atoms with Crippen molar-refractivity contribution in [3.63, 3.8) is 0 Å². The van der Waals surface area contributed by atoms with E-state index in [1.807, 2.05) is 0 Å². The summed E-state index contributed by atoms with van der Waals surface area (Å²) in [5.74, 6) is -0.0841. The van der Waals surface area contributed by atoms with Crippen molar-refractivity contribution in [2.45, 2.75) is 6.04 Å². The average molecular weight is 200 g/mol. The van der Waals surface area contributed by atoms with Crippen molar-refractivity contribution in [3.05, 3.63) is 0 Å². The van der Waals surface area contributed by atoms with Gasteiger partial charge >= 0.3 is 6.09 Å². The number of nitrogens with zero attached hydrogens (tertiary/aromatic N) is 1. The number of ether oxygens (including phenoxy) is 2. The van der Waals surface area contributed by atoms with Crippen molar-refractivity contribution in [2.75, 3.05) is 32.9 Å². The van der Waals surface area contributed by atoms with E-state index in [0.717, 1.165) is 0 Å². The number of hydrogen-bond acceptors (Lipinski definition) is 4. The highest BCUT2D eigenvalue weighted by atomic mass is 16.6. The Kier molecular flexibility index (Phi) is 2.53. The van der Waals surface area contributed by atoms with Crippen LogP contribution in [0.4, 0.5) is 4.79 Å². The molecule has 2 rings (SSSR count). The number of amides is 2. The largest absolute Gasteiger partial charge is 0.447 e. The lowest BCUT2D eigenvalue weighted by Gasteiger charge is -2.28. The molecule has 0 aromatic heterocycles. The Morgan fingerprint density at radius 1 is 1.43 bits per heavy atom. The summed E-state index contributed by atoms with van der Waals surface area (Å²) in [6.07, 6.45) is -0.517. The molecule has 2 amide bonds. The Bertz CT molecular complexity index is 250. The summed E-state index contributed by atoms with van der Waals surface area (Å²) in [6, 6.07) is -0.513. The number of morpholine rings is 1. The quantitative estimate of drug-likeness (QED) is 0.586. The van der Waals surface area contributed by atoms with Crippen LogP contribution in [0.2, 0.25) is 0 Å². The number of rotatable bonds is 1. The van der Waals surface area contributed by atoms with E-state index in [0.29, 0.717) is 26.3 Å². The van der Waals surface area contributed by atoms with E-state index in [4.69, 9.17) is 4.74 Å². The molecule has 0 radical (unpaired) electrons.